The summed E-state index contributed by atoms with van der Waals surface area (Å²) in [5.74, 6) is -2.91. The molecule has 0 aliphatic carbocycles. The molecule has 0 bridgehead atoms. The second-order valence-electron chi connectivity index (χ2n) is 5.38. The molecule has 4 nitrogen and oxygen atoms in total. The van der Waals surface area contributed by atoms with Crippen molar-refractivity contribution >= 4 is 40.1 Å². The molecular weight excluding hydrogens is 441 g/mol. The molecule has 7 heteroatoms. The lowest BCUT2D eigenvalue weighted by molar-refractivity contribution is -0.136. The number of halogens is 3. The largest absolute Gasteiger partial charge is 0.327 e. The van der Waals surface area contributed by atoms with Crippen LogP contribution in [0.2, 0.25) is 0 Å². The standard InChI is InChI=1S/C18H17F2IN2O2/c1-3-23(11(2)24)17(12-7-8-15(19)16(20)9-12)18(25)22-14-6-4-5-13(21)10-14/h4-10,17H,3H2,1-2H3,(H,22,25)/t17-/m0/s1. The summed E-state index contributed by atoms with van der Waals surface area (Å²) in [6.07, 6.45) is 0. The van der Waals surface area contributed by atoms with Crippen molar-refractivity contribution in [3.8, 4) is 0 Å². The third-order valence-electron chi connectivity index (χ3n) is 3.66. The Morgan fingerprint density at radius 2 is 1.88 bits per heavy atom. The van der Waals surface area contributed by atoms with E-state index in [1.165, 1.54) is 17.9 Å². The van der Waals surface area contributed by atoms with Crippen LogP contribution in [0.5, 0.6) is 0 Å². The third kappa shape index (κ3) is 4.75. The Balaban J connectivity index is 2.41. The Morgan fingerprint density at radius 3 is 2.44 bits per heavy atom. The molecule has 0 aromatic heterocycles. The Kier molecular flexibility index (Phi) is 6.46. The number of likely N-dealkylation sites (N-methyl/N-ethyl adjacent to an activating group) is 1. The Morgan fingerprint density at radius 1 is 1.16 bits per heavy atom. The van der Waals surface area contributed by atoms with Gasteiger partial charge in [-0.25, -0.2) is 8.78 Å². The van der Waals surface area contributed by atoms with E-state index in [-0.39, 0.29) is 18.0 Å². The number of nitrogens with zero attached hydrogens (tertiary/aromatic N) is 1. The Labute approximate surface area is 158 Å². The average molecular weight is 458 g/mol. The van der Waals surface area contributed by atoms with Gasteiger partial charge in [0, 0.05) is 22.7 Å². The quantitative estimate of drug-likeness (QED) is 0.686. The fraction of sp³-hybridized carbons (Fsp3) is 0.222. The van der Waals surface area contributed by atoms with Gasteiger partial charge < -0.3 is 10.2 Å². The van der Waals surface area contributed by atoms with Crippen LogP contribution in [-0.4, -0.2) is 23.3 Å². The summed E-state index contributed by atoms with van der Waals surface area (Å²) in [6, 6.07) is 9.28. The SMILES string of the molecule is CCN(C(C)=O)[C@H](C(=O)Nc1cccc(I)c1)c1ccc(F)c(F)c1. The number of hydrogen-bond donors (Lipinski definition) is 1. The highest BCUT2D eigenvalue weighted by molar-refractivity contribution is 14.1. The number of anilines is 1. The van der Waals surface area contributed by atoms with Crippen LogP contribution in [0.4, 0.5) is 14.5 Å². The van der Waals surface area contributed by atoms with Gasteiger partial charge in [-0.1, -0.05) is 12.1 Å². The van der Waals surface area contributed by atoms with Gasteiger partial charge in [-0.15, -0.1) is 0 Å². The zero-order chi connectivity index (χ0) is 18.6. The number of nitrogens with one attached hydrogen (secondary N) is 1. The van der Waals surface area contributed by atoms with Gasteiger partial charge in [-0.05, 0) is 65.4 Å². The fourth-order valence-corrected chi connectivity index (χ4v) is 3.06. The van der Waals surface area contributed by atoms with Crippen LogP contribution in [0.3, 0.4) is 0 Å². The van der Waals surface area contributed by atoms with Crippen molar-refractivity contribution < 1.29 is 18.4 Å². The predicted molar refractivity (Wildman–Crippen MR) is 99.9 cm³/mol. The van der Waals surface area contributed by atoms with Crippen molar-refractivity contribution in [3.63, 3.8) is 0 Å². The second kappa shape index (κ2) is 8.37. The molecule has 0 unspecified atom stereocenters. The summed E-state index contributed by atoms with van der Waals surface area (Å²) in [6.45, 7) is 3.29. The van der Waals surface area contributed by atoms with Crippen LogP contribution in [-0.2, 0) is 9.59 Å². The van der Waals surface area contributed by atoms with E-state index in [1.807, 2.05) is 6.07 Å². The molecular formula is C18H17F2IN2O2. The molecule has 2 rings (SSSR count). The zero-order valence-electron chi connectivity index (χ0n) is 13.7. The van der Waals surface area contributed by atoms with E-state index < -0.39 is 23.6 Å². The van der Waals surface area contributed by atoms with Gasteiger partial charge in [-0.2, -0.15) is 0 Å². The lowest BCUT2D eigenvalue weighted by Crippen LogP contribution is -2.40. The molecule has 0 saturated heterocycles. The minimum atomic E-state index is -1.07. The molecule has 0 aliphatic rings. The fourth-order valence-electron chi connectivity index (χ4n) is 2.52. The van der Waals surface area contributed by atoms with Gasteiger partial charge >= 0.3 is 0 Å². The molecule has 0 aliphatic heterocycles. The van der Waals surface area contributed by atoms with Crippen LogP contribution < -0.4 is 5.32 Å². The Hall–Kier alpha value is -2.03. The molecule has 2 aromatic rings. The average Bonchev–Trinajstić information content (AvgIpc) is 2.54. The molecule has 132 valence electrons. The van der Waals surface area contributed by atoms with Gasteiger partial charge in [-0.3, -0.25) is 9.59 Å². The van der Waals surface area contributed by atoms with E-state index in [0.29, 0.717) is 5.69 Å². The van der Waals surface area contributed by atoms with Crippen molar-refractivity contribution in [2.75, 3.05) is 11.9 Å². The van der Waals surface area contributed by atoms with Gasteiger partial charge in [0.05, 0.1) is 0 Å². The first kappa shape index (κ1) is 19.3. The molecule has 0 saturated carbocycles. The van der Waals surface area contributed by atoms with E-state index in [9.17, 15) is 18.4 Å². The highest BCUT2D eigenvalue weighted by Crippen LogP contribution is 2.25. The van der Waals surface area contributed by atoms with E-state index in [4.69, 9.17) is 0 Å². The van der Waals surface area contributed by atoms with Gasteiger partial charge in [0.15, 0.2) is 11.6 Å². The minimum absolute atomic E-state index is 0.207. The third-order valence-corrected chi connectivity index (χ3v) is 4.33. The van der Waals surface area contributed by atoms with Crippen molar-refractivity contribution in [1.82, 2.24) is 4.90 Å². The number of rotatable bonds is 5. The lowest BCUT2D eigenvalue weighted by atomic mass is 10.0. The highest BCUT2D eigenvalue weighted by Gasteiger charge is 2.29. The van der Waals surface area contributed by atoms with E-state index in [1.54, 1.807) is 25.1 Å². The maximum Gasteiger partial charge on any atom is 0.251 e. The van der Waals surface area contributed by atoms with Crippen LogP contribution in [0, 0.1) is 15.2 Å². The van der Waals surface area contributed by atoms with Crippen LogP contribution in [0.15, 0.2) is 42.5 Å². The predicted octanol–water partition coefficient (Wildman–Crippen LogP) is 4.12. The van der Waals surface area contributed by atoms with Crippen molar-refractivity contribution in [1.29, 1.82) is 0 Å². The summed E-state index contributed by atoms with van der Waals surface area (Å²) in [7, 11) is 0. The smallest absolute Gasteiger partial charge is 0.251 e. The first-order valence-electron chi connectivity index (χ1n) is 7.62. The molecule has 2 amide bonds. The van der Waals surface area contributed by atoms with Crippen molar-refractivity contribution in [2.45, 2.75) is 19.9 Å². The first-order chi connectivity index (χ1) is 11.8. The van der Waals surface area contributed by atoms with Gasteiger partial charge in [0.1, 0.15) is 6.04 Å². The number of carbonyl (C=O) groups excluding carboxylic acids is 2. The summed E-state index contributed by atoms with van der Waals surface area (Å²) in [5, 5.41) is 2.73. The summed E-state index contributed by atoms with van der Waals surface area (Å²) in [5.41, 5.74) is 0.767. The summed E-state index contributed by atoms with van der Waals surface area (Å²) >= 11 is 2.11. The molecule has 1 N–H and O–H groups in total. The summed E-state index contributed by atoms with van der Waals surface area (Å²) < 4.78 is 27.8. The number of carbonyl (C=O) groups is 2. The molecule has 0 spiro atoms. The summed E-state index contributed by atoms with van der Waals surface area (Å²) in [4.78, 5) is 26.0. The van der Waals surface area contributed by atoms with E-state index in [0.717, 1.165) is 15.7 Å². The van der Waals surface area contributed by atoms with E-state index in [2.05, 4.69) is 27.9 Å². The number of amides is 2. The van der Waals surface area contributed by atoms with Crippen molar-refractivity contribution in [3.05, 3.63) is 63.2 Å². The normalized spacial score (nSPS) is 11.7. The second-order valence-corrected chi connectivity index (χ2v) is 6.63. The topological polar surface area (TPSA) is 49.4 Å². The highest BCUT2D eigenvalue weighted by atomic mass is 127. The molecule has 1 atom stereocenters. The Bertz CT molecular complexity index is 798. The number of benzene rings is 2. The number of hydrogen-bond acceptors (Lipinski definition) is 2. The van der Waals surface area contributed by atoms with Crippen LogP contribution in [0.25, 0.3) is 0 Å². The molecule has 0 fully saturated rings. The van der Waals surface area contributed by atoms with Crippen molar-refractivity contribution in [2.24, 2.45) is 0 Å². The maximum atomic E-state index is 13.6. The van der Waals surface area contributed by atoms with Crippen LogP contribution >= 0.6 is 22.6 Å². The zero-order valence-corrected chi connectivity index (χ0v) is 15.9. The maximum absolute atomic E-state index is 13.6. The van der Waals surface area contributed by atoms with E-state index >= 15 is 0 Å². The van der Waals surface area contributed by atoms with Gasteiger partial charge in [0.25, 0.3) is 5.91 Å². The lowest BCUT2D eigenvalue weighted by Gasteiger charge is -2.29. The molecule has 0 heterocycles. The first-order valence-corrected chi connectivity index (χ1v) is 8.70. The van der Waals surface area contributed by atoms with Crippen LogP contribution in [0.1, 0.15) is 25.5 Å². The minimum Gasteiger partial charge on any atom is -0.327 e. The van der Waals surface area contributed by atoms with Gasteiger partial charge in [0.2, 0.25) is 5.91 Å². The molecule has 2 aromatic carbocycles. The monoisotopic (exact) mass is 458 g/mol. The molecule has 25 heavy (non-hydrogen) atoms. The molecule has 0 radical (unpaired) electrons.